The van der Waals surface area contributed by atoms with Crippen molar-refractivity contribution in [3.63, 3.8) is 0 Å². The second-order valence-corrected chi connectivity index (χ2v) is 7.74. The Morgan fingerprint density at radius 3 is 2.40 bits per heavy atom. The lowest BCUT2D eigenvalue weighted by Crippen LogP contribution is -2.75. The minimum absolute atomic E-state index is 0.119. The Kier molecular flexibility index (Phi) is 2.91. The zero-order chi connectivity index (χ0) is 15.0. The van der Waals surface area contributed by atoms with Gasteiger partial charge in [0.2, 0.25) is 0 Å². The van der Waals surface area contributed by atoms with Crippen LogP contribution in [0.2, 0.25) is 0 Å². The fourth-order valence-electron chi connectivity index (χ4n) is 4.99. The lowest BCUT2D eigenvalue weighted by Gasteiger charge is -2.62. The van der Waals surface area contributed by atoms with E-state index in [2.05, 4.69) is 0 Å². The van der Waals surface area contributed by atoms with E-state index in [0.717, 1.165) is 0 Å². The van der Waals surface area contributed by atoms with Crippen LogP contribution < -0.4 is 0 Å². The van der Waals surface area contributed by atoms with E-state index in [9.17, 15) is 20.4 Å². The first-order chi connectivity index (χ1) is 9.13. The van der Waals surface area contributed by atoms with Gasteiger partial charge in [0.15, 0.2) is 0 Å². The van der Waals surface area contributed by atoms with Crippen molar-refractivity contribution in [2.45, 2.75) is 75.5 Å². The van der Waals surface area contributed by atoms with Crippen LogP contribution in [0.1, 0.15) is 46.5 Å². The standard InChI is InChI=1S/C15H26O5/c1-12(2)9-6-11(18)13(3)5-4-10(17)14(19,8-16)15(13,7-9)20-12/h9-11,16-19H,4-8H2,1-3H3/t9-,10-,11-,13+,14-,15-/m1/s1. The van der Waals surface area contributed by atoms with Crippen molar-refractivity contribution in [1.29, 1.82) is 0 Å². The molecule has 2 saturated carbocycles. The number of aliphatic hydroxyl groups excluding tert-OH is 3. The zero-order valence-electron chi connectivity index (χ0n) is 12.5. The molecular weight excluding hydrogens is 260 g/mol. The van der Waals surface area contributed by atoms with Gasteiger partial charge in [-0.25, -0.2) is 0 Å². The largest absolute Gasteiger partial charge is 0.393 e. The van der Waals surface area contributed by atoms with Gasteiger partial charge in [0.25, 0.3) is 0 Å². The summed E-state index contributed by atoms with van der Waals surface area (Å²) in [4.78, 5) is 0. The smallest absolute Gasteiger partial charge is 0.143 e. The summed E-state index contributed by atoms with van der Waals surface area (Å²) in [5.74, 6) is 0.119. The molecule has 0 aromatic rings. The lowest BCUT2D eigenvalue weighted by atomic mass is 9.49. The normalized spacial score (nSPS) is 57.5. The van der Waals surface area contributed by atoms with Gasteiger partial charge in [0.1, 0.15) is 11.2 Å². The molecule has 3 aliphatic rings. The average Bonchev–Trinajstić information content (AvgIpc) is 2.62. The van der Waals surface area contributed by atoms with Crippen molar-refractivity contribution in [2.75, 3.05) is 6.61 Å². The highest BCUT2D eigenvalue weighted by Gasteiger charge is 2.76. The van der Waals surface area contributed by atoms with Crippen molar-refractivity contribution in [1.82, 2.24) is 0 Å². The zero-order valence-corrected chi connectivity index (χ0v) is 12.5. The van der Waals surface area contributed by atoms with Gasteiger partial charge < -0.3 is 25.2 Å². The van der Waals surface area contributed by atoms with E-state index in [1.807, 2.05) is 20.8 Å². The van der Waals surface area contributed by atoms with Gasteiger partial charge in [0.05, 0.1) is 24.4 Å². The summed E-state index contributed by atoms with van der Waals surface area (Å²) in [7, 11) is 0. The third-order valence-corrected chi connectivity index (χ3v) is 6.55. The minimum atomic E-state index is -1.71. The highest BCUT2D eigenvalue weighted by Crippen LogP contribution is 2.66. The van der Waals surface area contributed by atoms with Crippen LogP contribution in [0.5, 0.6) is 0 Å². The van der Waals surface area contributed by atoms with E-state index in [0.29, 0.717) is 25.7 Å². The van der Waals surface area contributed by atoms with Gasteiger partial charge in [-0.1, -0.05) is 6.92 Å². The van der Waals surface area contributed by atoms with Gasteiger partial charge in [-0.2, -0.15) is 0 Å². The van der Waals surface area contributed by atoms with Crippen LogP contribution in [0.25, 0.3) is 0 Å². The third kappa shape index (κ3) is 1.40. The SMILES string of the molecule is CC1(C)O[C@]23C[C@H]1C[C@@H](O)[C@]2(C)CC[C@@H](O)[C@]3(O)CO. The van der Waals surface area contributed by atoms with E-state index < -0.39 is 41.0 Å². The molecule has 0 radical (unpaired) electrons. The Hall–Kier alpha value is -0.200. The number of aliphatic hydroxyl groups is 4. The Bertz CT molecular complexity index is 418. The molecule has 2 bridgehead atoms. The molecule has 4 N–H and O–H groups in total. The first-order valence-electron chi connectivity index (χ1n) is 7.52. The molecule has 6 atom stereocenters. The summed E-state index contributed by atoms with van der Waals surface area (Å²) < 4.78 is 6.28. The highest BCUT2D eigenvalue weighted by molar-refractivity contribution is 5.25. The van der Waals surface area contributed by atoms with E-state index >= 15 is 0 Å². The van der Waals surface area contributed by atoms with Crippen LogP contribution in [0.3, 0.4) is 0 Å². The summed E-state index contributed by atoms with van der Waals surface area (Å²) in [6, 6.07) is 0. The summed E-state index contributed by atoms with van der Waals surface area (Å²) in [6.45, 7) is 5.29. The minimum Gasteiger partial charge on any atom is -0.393 e. The van der Waals surface area contributed by atoms with Crippen LogP contribution >= 0.6 is 0 Å². The molecule has 3 rings (SSSR count). The molecule has 1 aliphatic heterocycles. The maximum atomic E-state index is 11.0. The van der Waals surface area contributed by atoms with E-state index in [4.69, 9.17) is 4.74 Å². The fraction of sp³-hybridized carbons (Fsp3) is 1.00. The van der Waals surface area contributed by atoms with Crippen LogP contribution in [-0.2, 0) is 4.74 Å². The lowest BCUT2D eigenvalue weighted by molar-refractivity contribution is -0.318. The van der Waals surface area contributed by atoms with Crippen molar-refractivity contribution in [3.8, 4) is 0 Å². The summed E-state index contributed by atoms with van der Waals surface area (Å²) >= 11 is 0. The van der Waals surface area contributed by atoms with Gasteiger partial charge in [-0.05, 0) is 45.4 Å². The van der Waals surface area contributed by atoms with Crippen LogP contribution in [0.15, 0.2) is 0 Å². The van der Waals surface area contributed by atoms with Gasteiger partial charge >= 0.3 is 0 Å². The van der Waals surface area contributed by atoms with E-state index in [1.165, 1.54) is 0 Å². The summed E-state index contributed by atoms with van der Waals surface area (Å²) in [6.07, 6.45) is 0.542. The van der Waals surface area contributed by atoms with Gasteiger partial charge in [0, 0.05) is 5.41 Å². The topological polar surface area (TPSA) is 90.2 Å². The number of hydrogen-bond donors (Lipinski definition) is 4. The second kappa shape index (κ2) is 3.96. The number of fused-ring (bicyclic) bond motifs is 1. The van der Waals surface area contributed by atoms with Crippen LogP contribution in [-0.4, -0.2) is 56.0 Å². The highest BCUT2D eigenvalue weighted by atomic mass is 16.6. The van der Waals surface area contributed by atoms with Crippen molar-refractivity contribution >= 4 is 0 Å². The van der Waals surface area contributed by atoms with Crippen molar-refractivity contribution < 1.29 is 25.2 Å². The Morgan fingerprint density at radius 2 is 1.80 bits per heavy atom. The monoisotopic (exact) mass is 286 g/mol. The molecule has 5 heteroatoms. The number of hydrogen-bond acceptors (Lipinski definition) is 5. The molecule has 116 valence electrons. The van der Waals surface area contributed by atoms with Crippen molar-refractivity contribution in [2.24, 2.45) is 11.3 Å². The molecule has 0 unspecified atom stereocenters. The molecule has 1 spiro atoms. The molecule has 0 aromatic heterocycles. The maximum Gasteiger partial charge on any atom is 0.143 e. The molecule has 0 aromatic carbocycles. The van der Waals surface area contributed by atoms with Crippen molar-refractivity contribution in [3.05, 3.63) is 0 Å². The quantitative estimate of drug-likeness (QED) is 0.552. The van der Waals surface area contributed by atoms with E-state index in [-0.39, 0.29) is 5.92 Å². The Morgan fingerprint density at radius 1 is 1.15 bits per heavy atom. The summed E-state index contributed by atoms with van der Waals surface area (Å²) in [5, 5.41) is 41.7. The molecule has 3 fully saturated rings. The van der Waals surface area contributed by atoms with Crippen LogP contribution in [0.4, 0.5) is 0 Å². The maximum absolute atomic E-state index is 11.0. The van der Waals surface area contributed by atoms with Crippen LogP contribution in [0, 0.1) is 11.3 Å². The number of rotatable bonds is 1. The fourth-order valence-corrected chi connectivity index (χ4v) is 4.99. The second-order valence-electron chi connectivity index (χ2n) is 7.74. The first-order valence-corrected chi connectivity index (χ1v) is 7.52. The Labute approximate surface area is 119 Å². The Balaban J connectivity index is 2.18. The summed E-state index contributed by atoms with van der Waals surface area (Å²) in [5.41, 5.74) is -3.92. The average molecular weight is 286 g/mol. The van der Waals surface area contributed by atoms with Gasteiger partial charge in [-0.3, -0.25) is 0 Å². The third-order valence-electron chi connectivity index (χ3n) is 6.55. The first kappa shape index (κ1) is 14.7. The number of ether oxygens (including phenoxy) is 1. The molecule has 1 heterocycles. The van der Waals surface area contributed by atoms with Gasteiger partial charge in [-0.15, -0.1) is 0 Å². The predicted molar refractivity (Wildman–Crippen MR) is 72.0 cm³/mol. The van der Waals surface area contributed by atoms with E-state index in [1.54, 1.807) is 0 Å². The molecule has 20 heavy (non-hydrogen) atoms. The molecular formula is C15H26O5. The molecule has 0 amide bonds. The molecule has 1 saturated heterocycles. The predicted octanol–water partition coefficient (Wildman–Crippen LogP) is 0.189. The molecule has 5 nitrogen and oxygen atoms in total. The molecule has 2 aliphatic carbocycles.